The minimum atomic E-state index is -5.96. The summed E-state index contributed by atoms with van der Waals surface area (Å²) in [6, 6.07) is 0. The molecule has 1 N–H and O–H groups in total. The molecule has 104 valence electrons. The molecule has 0 aliphatic rings. The zero-order valence-electron chi connectivity index (χ0n) is 7.12. The van der Waals surface area contributed by atoms with E-state index in [2.05, 4.69) is 0 Å². The van der Waals surface area contributed by atoms with E-state index in [1.165, 1.54) is 4.13 Å². The Balaban J connectivity index is 5.11. The Bertz CT molecular complexity index is 617. The predicted molar refractivity (Wildman–Crippen MR) is 51.2 cm³/mol. The first-order valence-corrected chi connectivity index (χ1v) is 8.36. The topological polar surface area (TPSA) is 203 Å². The Labute approximate surface area is 96.3 Å². The number of nitrogens with zero attached hydrogens (tertiary/aromatic N) is 3. The molecule has 12 nitrogen and oxygen atoms in total. The highest BCUT2D eigenvalue weighted by Gasteiger charge is 2.00. The summed E-state index contributed by atoms with van der Waals surface area (Å²) < 4.78 is 98.2. The first kappa shape index (κ1) is 16.6. The van der Waals surface area contributed by atoms with Crippen molar-refractivity contribution >= 4 is 41.0 Å². The smallest absolute Gasteiger partial charge is 0.238 e. The molecule has 0 bridgehead atoms. The zero-order chi connectivity index (χ0) is 14.1. The van der Waals surface area contributed by atoms with Crippen LogP contribution in [0.4, 0.5) is 3.89 Å². The Kier molecular flexibility index (Phi) is 4.56. The molecule has 17 heteroatoms. The monoisotopic (exact) mass is 332 g/mol. The van der Waals surface area contributed by atoms with Crippen LogP contribution in [-0.4, -0.2) is 33.7 Å². The zero-order valence-corrected chi connectivity index (χ0v) is 10.4. The van der Waals surface area contributed by atoms with E-state index in [1.54, 1.807) is 8.25 Å². The lowest BCUT2D eigenvalue weighted by atomic mass is 13.8. The van der Waals surface area contributed by atoms with E-state index in [1.807, 2.05) is 0 Å². The van der Waals surface area contributed by atoms with E-state index in [9.17, 15) is 37.6 Å². The summed E-state index contributed by atoms with van der Waals surface area (Å²) in [4.78, 5) is 0. The third-order valence-electron chi connectivity index (χ3n) is 0.564. The number of nitrogens with one attached hydrogen (secondary N) is 1. The number of halogens is 1. The molecule has 17 heavy (non-hydrogen) atoms. The van der Waals surface area contributed by atoms with Gasteiger partial charge in [0.15, 0.2) is 0 Å². The minimum absolute atomic E-state index is 1.37. The van der Waals surface area contributed by atoms with Crippen molar-refractivity contribution < 1.29 is 37.6 Å². The molecule has 0 aromatic rings. The molecular weight excluding hydrogens is 331 g/mol. The normalized spacial score (nSPS) is 14.7. The van der Waals surface area contributed by atoms with E-state index in [0.717, 1.165) is 0 Å². The molecular formula is HFN4O8S4-4. The number of hydrogen-bond donors (Lipinski definition) is 0. The first-order chi connectivity index (χ1) is 7.12. The number of rotatable bonds is 6. The molecule has 0 radical (unpaired) electrons. The Morgan fingerprint density at radius 1 is 0.706 bits per heavy atom. The molecule has 0 rings (SSSR count). The molecule has 0 aromatic carbocycles. The van der Waals surface area contributed by atoms with Crippen molar-refractivity contribution in [3.63, 3.8) is 0 Å². The molecule has 0 fully saturated rings. The molecule has 0 atom stereocenters. The van der Waals surface area contributed by atoms with Gasteiger partial charge in [-0.05, 0) is 10.2 Å². The lowest BCUT2D eigenvalue weighted by molar-refractivity contribution is 0.560. The van der Waals surface area contributed by atoms with E-state index in [-0.39, 0.29) is 0 Å². The summed E-state index contributed by atoms with van der Waals surface area (Å²) in [6.07, 6.45) is 0. The largest absolute Gasteiger partial charge is 0.581 e. The van der Waals surface area contributed by atoms with E-state index in [0.29, 0.717) is 0 Å². The van der Waals surface area contributed by atoms with Gasteiger partial charge < -0.3 is 17.5 Å². The molecule has 0 aliphatic carbocycles. The van der Waals surface area contributed by atoms with Crippen LogP contribution in [0.25, 0.3) is 17.5 Å². The first-order valence-electron chi connectivity index (χ1n) is 2.79. The lowest BCUT2D eigenvalue weighted by Gasteiger charge is -2.35. The summed E-state index contributed by atoms with van der Waals surface area (Å²) in [6.45, 7) is 0. The summed E-state index contributed by atoms with van der Waals surface area (Å²) in [5, 5.41) is 6.02. The van der Waals surface area contributed by atoms with E-state index >= 15 is 0 Å². The molecule has 0 saturated heterocycles. The average Bonchev–Trinajstić information content (AvgIpc) is 1.65. The molecule has 0 amide bonds. The maximum Gasteiger partial charge on any atom is 0.238 e. The summed E-state index contributed by atoms with van der Waals surface area (Å²) in [5.41, 5.74) is 0. The van der Waals surface area contributed by atoms with Gasteiger partial charge in [0.1, 0.15) is 0 Å². The molecule has 0 heterocycles. The van der Waals surface area contributed by atoms with Crippen LogP contribution < -0.4 is 0 Å². The minimum Gasteiger partial charge on any atom is -0.581 e. The van der Waals surface area contributed by atoms with Crippen molar-refractivity contribution in [2.45, 2.75) is 0 Å². The van der Waals surface area contributed by atoms with Crippen LogP contribution >= 0.6 is 0 Å². The second-order valence-corrected chi connectivity index (χ2v) is 7.36. The van der Waals surface area contributed by atoms with Crippen LogP contribution in [0.15, 0.2) is 0 Å². The standard InChI is InChI=1S/FHN4O8S4/c1-14(6,7)3-16(10,11)5-17(12,13)4-15(2,8)9/h(H-,2,8,9)/q-4. The van der Waals surface area contributed by atoms with Crippen LogP contribution in [0.5, 0.6) is 0 Å². The van der Waals surface area contributed by atoms with Crippen LogP contribution in [0.3, 0.4) is 0 Å². The van der Waals surface area contributed by atoms with Crippen molar-refractivity contribution in [2.24, 2.45) is 0 Å². The maximum atomic E-state index is 11.8. The summed E-state index contributed by atoms with van der Waals surface area (Å²) >= 11 is 0. The SMILES string of the molecule is [NH-]S(=O)(=O)[N-]S(=O)(=O)[N-]S(=O)(=O)[N-]S(=O)(=O)F. The maximum absolute atomic E-state index is 11.8. The summed E-state index contributed by atoms with van der Waals surface area (Å²) in [7, 11) is -22.5. The van der Waals surface area contributed by atoms with Gasteiger partial charge in [-0.2, -0.15) is 0 Å². The van der Waals surface area contributed by atoms with Crippen LogP contribution in [0.2, 0.25) is 0 Å². The highest BCUT2D eigenvalue weighted by Crippen LogP contribution is 2.25. The van der Waals surface area contributed by atoms with Crippen molar-refractivity contribution in [1.29, 1.82) is 0 Å². The highest BCUT2D eigenvalue weighted by atomic mass is 32.3. The predicted octanol–water partition coefficient (Wildman–Crippen LogP) is -0.892. The molecule has 0 spiro atoms. The second kappa shape index (κ2) is 4.68. The average molecular weight is 332 g/mol. The quantitative estimate of drug-likeness (QED) is 0.556. The molecule has 0 aliphatic heterocycles. The van der Waals surface area contributed by atoms with Crippen LogP contribution in [0, 0.1) is 0 Å². The fourth-order valence-corrected chi connectivity index (χ4v) is 3.93. The third-order valence-corrected chi connectivity index (χ3v) is 5.08. The van der Waals surface area contributed by atoms with E-state index in [4.69, 9.17) is 5.14 Å². The second-order valence-electron chi connectivity index (χ2n) is 2.01. The number of hydrogen-bond acceptors (Lipinski definition) is 8. The van der Waals surface area contributed by atoms with Crippen LogP contribution in [0.1, 0.15) is 0 Å². The van der Waals surface area contributed by atoms with Gasteiger partial charge in [0.25, 0.3) is 0 Å². The summed E-state index contributed by atoms with van der Waals surface area (Å²) in [5.74, 6) is 0. The molecule has 0 unspecified atom stereocenters. The van der Waals surface area contributed by atoms with Gasteiger partial charge >= 0.3 is 0 Å². The van der Waals surface area contributed by atoms with Gasteiger partial charge in [-0.15, -0.1) is 3.89 Å². The molecule has 0 saturated carbocycles. The Hall–Kier alpha value is -0.430. The van der Waals surface area contributed by atoms with Gasteiger partial charge in [-0.3, -0.25) is 25.3 Å². The van der Waals surface area contributed by atoms with Gasteiger partial charge in [-0.25, -0.2) is 8.42 Å². The van der Waals surface area contributed by atoms with Crippen LogP contribution in [-0.2, 0) is 41.0 Å². The Morgan fingerprint density at radius 2 is 1.06 bits per heavy atom. The highest BCUT2D eigenvalue weighted by molar-refractivity contribution is 8.24. The Morgan fingerprint density at radius 3 is 1.35 bits per heavy atom. The van der Waals surface area contributed by atoms with Crippen molar-refractivity contribution in [2.75, 3.05) is 0 Å². The van der Waals surface area contributed by atoms with Crippen molar-refractivity contribution in [3.05, 3.63) is 17.5 Å². The van der Waals surface area contributed by atoms with E-state index < -0.39 is 41.0 Å². The van der Waals surface area contributed by atoms with Gasteiger partial charge in [0, 0.05) is 20.4 Å². The van der Waals surface area contributed by atoms with Crippen molar-refractivity contribution in [1.82, 2.24) is 0 Å². The van der Waals surface area contributed by atoms with Gasteiger partial charge in [-0.1, -0.05) is 0 Å². The van der Waals surface area contributed by atoms with Gasteiger partial charge in [0.05, 0.1) is 0 Å². The fraction of sp³-hybridized carbons (Fsp3) is 0. The van der Waals surface area contributed by atoms with Crippen molar-refractivity contribution in [3.8, 4) is 0 Å². The third kappa shape index (κ3) is 9.29. The molecule has 0 aromatic heterocycles. The van der Waals surface area contributed by atoms with Gasteiger partial charge in [0.2, 0.25) is 10.4 Å². The fourth-order valence-electron chi connectivity index (χ4n) is 0.383. The lowest BCUT2D eigenvalue weighted by Crippen LogP contribution is -2.09.